The van der Waals surface area contributed by atoms with E-state index in [1.54, 1.807) is 11.3 Å². The van der Waals surface area contributed by atoms with Gasteiger partial charge in [0.1, 0.15) is 0 Å². The Balaban J connectivity index is 1.47. The molecule has 1 saturated carbocycles. The zero-order valence-electron chi connectivity index (χ0n) is 11.0. The van der Waals surface area contributed by atoms with Gasteiger partial charge in [0.15, 0.2) is 0 Å². The van der Waals surface area contributed by atoms with E-state index in [2.05, 4.69) is 10.7 Å². The molecule has 4 rings (SSSR count). The largest absolute Gasteiger partial charge is 0.378 e. The molecule has 1 amide bonds. The predicted octanol–water partition coefficient (Wildman–Crippen LogP) is 2.53. The topological polar surface area (TPSA) is 38.3 Å². The van der Waals surface area contributed by atoms with Gasteiger partial charge in [0.25, 0.3) is 5.91 Å². The number of aryl methyl sites for hydroxylation is 1. The number of carbonyl (C=O) groups is 1. The van der Waals surface area contributed by atoms with Gasteiger partial charge in [0.05, 0.1) is 11.7 Å². The van der Waals surface area contributed by atoms with E-state index in [0.29, 0.717) is 18.1 Å². The lowest BCUT2D eigenvalue weighted by molar-refractivity contribution is 0.00809. The maximum Gasteiger partial charge on any atom is 0.252 e. The van der Waals surface area contributed by atoms with Gasteiger partial charge in [-0.05, 0) is 44.1 Å². The van der Waals surface area contributed by atoms with Crippen LogP contribution in [0.1, 0.15) is 46.5 Å². The highest BCUT2D eigenvalue weighted by Gasteiger charge is 2.45. The molecule has 4 heteroatoms. The summed E-state index contributed by atoms with van der Waals surface area (Å²) < 4.78 is 5.60. The summed E-state index contributed by atoms with van der Waals surface area (Å²) in [5.74, 6) is 0.716. The molecule has 3 nitrogen and oxygen atoms in total. The molecular formula is C15H19NO2S. The standard InChI is InChI=1S/C15H19NO2S/c17-15(16-12-7-13-10(12)5-6-18-13)11-8-19-14-4-2-1-3-9(11)14/h8,10,12-13H,1-7H2,(H,16,17)/t10-,12+,13+/m0/s1. The minimum atomic E-state index is 0.148. The molecule has 2 heterocycles. The second-order valence-electron chi connectivity index (χ2n) is 5.94. The summed E-state index contributed by atoms with van der Waals surface area (Å²) in [5.41, 5.74) is 2.27. The first-order valence-electron chi connectivity index (χ1n) is 7.34. The summed E-state index contributed by atoms with van der Waals surface area (Å²) >= 11 is 1.77. The minimum absolute atomic E-state index is 0.148. The molecule has 19 heavy (non-hydrogen) atoms. The van der Waals surface area contributed by atoms with Crippen LogP contribution >= 0.6 is 11.3 Å². The van der Waals surface area contributed by atoms with Crippen LogP contribution in [0.5, 0.6) is 0 Å². The van der Waals surface area contributed by atoms with Crippen molar-refractivity contribution in [1.29, 1.82) is 0 Å². The van der Waals surface area contributed by atoms with Crippen molar-refractivity contribution in [2.24, 2.45) is 5.92 Å². The molecule has 1 aromatic rings. The fourth-order valence-corrected chi connectivity index (χ4v) is 4.82. The third-order valence-electron chi connectivity index (χ3n) is 4.89. The van der Waals surface area contributed by atoms with Crippen LogP contribution in [0, 0.1) is 5.92 Å². The lowest BCUT2D eigenvalue weighted by atomic mass is 9.76. The zero-order valence-corrected chi connectivity index (χ0v) is 11.8. The highest BCUT2D eigenvalue weighted by atomic mass is 32.1. The fraction of sp³-hybridized carbons (Fsp3) is 0.667. The van der Waals surface area contributed by atoms with Gasteiger partial charge in [-0.15, -0.1) is 11.3 Å². The molecule has 1 aromatic heterocycles. The number of amides is 1. The van der Waals surface area contributed by atoms with Crippen LogP contribution in [-0.4, -0.2) is 24.7 Å². The van der Waals surface area contributed by atoms with Crippen molar-refractivity contribution >= 4 is 17.2 Å². The SMILES string of the molecule is O=C(N[C@@H]1C[C@H]2OCC[C@@H]12)c1csc2c1CCCC2. The lowest BCUT2D eigenvalue weighted by Crippen LogP contribution is -2.53. The number of hydrogen-bond donors (Lipinski definition) is 1. The van der Waals surface area contributed by atoms with Gasteiger partial charge < -0.3 is 10.1 Å². The minimum Gasteiger partial charge on any atom is -0.378 e. The van der Waals surface area contributed by atoms with E-state index in [4.69, 9.17) is 4.74 Å². The summed E-state index contributed by atoms with van der Waals surface area (Å²) in [6.07, 6.45) is 7.28. The van der Waals surface area contributed by atoms with Gasteiger partial charge in [0.2, 0.25) is 0 Å². The molecule has 0 aromatic carbocycles. The summed E-state index contributed by atoms with van der Waals surface area (Å²) in [5, 5.41) is 5.29. The second kappa shape index (κ2) is 4.60. The van der Waals surface area contributed by atoms with Gasteiger partial charge in [0, 0.05) is 28.8 Å². The molecule has 1 aliphatic heterocycles. The molecule has 2 aliphatic carbocycles. The van der Waals surface area contributed by atoms with Crippen molar-refractivity contribution < 1.29 is 9.53 Å². The van der Waals surface area contributed by atoms with E-state index in [-0.39, 0.29) is 5.91 Å². The molecule has 0 radical (unpaired) electrons. The van der Waals surface area contributed by atoms with Crippen LogP contribution in [0.25, 0.3) is 0 Å². The average Bonchev–Trinajstić information content (AvgIpc) is 2.99. The van der Waals surface area contributed by atoms with E-state index in [0.717, 1.165) is 37.9 Å². The van der Waals surface area contributed by atoms with Gasteiger partial charge in [-0.2, -0.15) is 0 Å². The maximum atomic E-state index is 12.4. The highest BCUT2D eigenvalue weighted by molar-refractivity contribution is 7.10. The van der Waals surface area contributed by atoms with Crippen molar-refractivity contribution in [1.82, 2.24) is 5.32 Å². The lowest BCUT2D eigenvalue weighted by Gasteiger charge is -2.39. The third kappa shape index (κ3) is 1.93. The van der Waals surface area contributed by atoms with Crippen molar-refractivity contribution in [2.45, 2.75) is 50.7 Å². The summed E-state index contributed by atoms with van der Waals surface area (Å²) in [4.78, 5) is 13.9. The first kappa shape index (κ1) is 11.9. The van der Waals surface area contributed by atoms with Crippen LogP contribution < -0.4 is 5.32 Å². The smallest absolute Gasteiger partial charge is 0.252 e. The molecule has 1 N–H and O–H groups in total. The number of ether oxygens (including phenoxy) is 1. The van der Waals surface area contributed by atoms with E-state index >= 15 is 0 Å². The van der Waals surface area contributed by atoms with Crippen LogP contribution in [0.4, 0.5) is 0 Å². The average molecular weight is 277 g/mol. The van der Waals surface area contributed by atoms with Crippen LogP contribution in [0.15, 0.2) is 5.38 Å². The Kier molecular flexibility index (Phi) is 2.88. The van der Waals surface area contributed by atoms with Crippen molar-refractivity contribution in [3.05, 3.63) is 21.4 Å². The van der Waals surface area contributed by atoms with Gasteiger partial charge >= 0.3 is 0 Å². The molecule has 0 spiro atoms. The van der Waals surface area contributed by atoms with Crippen molar-refractivity contribution in [3.63, 3.8) is 0 Å². The monoisotopic (exact) mass is 277 g/mol. The molecular weight excluding hydrogens is 258 g/mol. The Morgan fingerprint density at radius 2 is 2.26 bits per heavy atom. The van der Waals surface area contributed by atoms with E-state index < -0.39 is 0 Å². The third-order valence-corrected chi connectivity index (χ3v) is 5.97. The first-order chi connectivity index (χ1) is 9.33. The molecule has 102 valence electrons. The quantitative estimate of drug-likeness (QED) is 0.902. The van der Waals surface area contributed by atoms with Crippen molar-refractivity contribution in [3.8, 4) is 0 Å². The Bertz CT molecular complexity index is 510. The summed E-state index contributed by atoms with van der Waals surface area (Å²) in [7, 11) is 0. The van der Waals surface area contributed by atoms with Crippen LogP contribution in [0.2, 0.25) is 0 Å². The van der Waals surface area contributed by atoms with Gasteiger partial charge in [-0.1, -0.05) is 0 Å². The second-order valence-corrected chi connectivity index (χ2v) is 6.90. The van der Waals surface area contributed by atoms with Crippen molar-refractivity contribution in [2.75, 3.05) is 6.61 Å². The molecule has 3 aliphatic rings. The summed E-state index contributed by atoms with van der Waals surface area (Å²) in [6, 6.07) is 0.346. The summed E-state index contributed by atoms with van der Waals surface area (Å²) in [6.45, 7) is 0.871. The molecule has 2 fully saturated rings. The fourth-order valence-electron chi connectivity index (χ4n) is 3.69. The number of carbonyl (C=O) groups excluding carboxylic acids is 1. The molecule has 0 bridgehead atoms. The zero-order chi connectivity index (χ0) is 12.8. The Morgan fingerprint density at radius 3 is 3.16 bits per heavy atom. The van der Waals surface area contributed by atoms with E-state index in [9.17, 15) is 4.79 Å². The highest BCUT2D eigenvalue weighted by Crippen LogP contribution is 2.39. The Morgan fingerprint density at radius 1 is 1.37 bits per heavy atom. The number of hydrogen-bond acceptors (Lipinski definition) is 3. The van der Waals surface area contributed by atoms with E-state index in [1.165, 1.54) is 23.3 Å². The van der Waals surface area contributed by atoms with Gasteiger partial charge in [-0.3, -0.25) is 4.79 Å². The Hall–Kier alpha value is -0.870. The maximum absolute atomic E-state index is 12.4. The number of rotatable bonds is 2. The molecule has 1 saturated heterocycles. The van der Waals surface area contributed by atoms with E-state index in [1.807, 2.05) is 0 Å². The van der Waals surface area contributed by atoms with Crippen LogP contribution in [-0.2, 0) is 17.6 Å². The Labute approximate surface area is 117 Å². The normalized spacial score (nSPS) is 32.3. The first-order valence-corrected chi connectivity index (χ1v) is 8.22. The molecule has 3 atom stereocenters. The molecule has 0 unspecified atom stereocenters. The predicted molar refractivity (Wildman–Crippen MR) is 74.7 cm³/mol. The van der Waals surface area contributed by atoms with Crippen LogP contribution in [0.3, 0.4) is 0 Å². The number of fused-ring (bicyclic) bond motifs is 2. The number of nitrogens with one attached hydrogen (secondary N) is 1. The number of thiophene rings is 1. The van der Waals surface area contributed by atoms with Gasteiger partial charge in [-0.25, -0.2) is 0 Å².